The Morgan fingerprint density at radius 3 is 2.90 bits per heavy atom. The lowest BCUT2D eigenvalue weighted by atomic mass is 9.90. The van der Waals surface area contributed by atoms with E-state index in [4.69, 9.17) is 0 Å². The van der Waals surface area contributed by atoms with Crippen molar-refractivity contribution in [1.29, 1.82) is 0 Å². The third-order valence-electron chi connectivity index (χ3n) is 5.48. The van der Waals surface area contributed by atoms with Gasteiger partial charge >= 0.3 is 0 Å². The van der Waals surface area contributed by atoms with Gasteiger partial charge in [0.2, 0.25) is 0 Å². The van der Waals surface area contributed by atoms with Crippen LogP contribution < -0.4 is 0 Å². The minimum atomic E-state index is 0.0135. The molecule has 1 fully saturated rings. The normalized spacial score (nSPS) is 16.5. The number of benzene rings is 1. The van der Waals surface area contributed by atoms with Crippen LogP contribution in [0.4, 0.5) is 0 Å². The lowest BCUT2D eigenvalue weighted by Gasteiger charge is -2.33. The summed E-state index contributed by atoms with van der Waals surface area (Å²) in [4.78, 5) is 19.2. The molecule has 1 unspecified atom stereocenters. The summed E-state index contributed by atoms with van der Waals surface area (Å²) < 4.78 is 1.54. The van der Waals surface area contributed by atoms with Crippen LogP contribution in [0.2, 0.25) is 0 Å². The van der Waals surface area contributed by atoms with E-state index in [2.05, 4.69) is 30.7 Å². The van der Waals surface area contributed by atoms with E-state index < -0.39 is 0 Å². The van der Waals surface area contributed by atoms with E-state index >= 15 is 0 Å². The number of hydrogen-bond donors (Lipinski definition) is 1. The second-order valence-electron chi connectivity index (χ2n) is 7.33. The standard InChI is InChI=1S/C21H20N8O/c30-21(16-3-1-5-18(11-16)29-14-24-26-27-29)28-10-2-4-17(13-28)20-19(12-23-25-20)15-6-8-22-9-7-15/h1,3,5-9,11-12,14,17H,2,4,10,13H2,(H,23,25). The number of nitrogens with one attached hydrogen (secondary N) is 1. The molecule has 1 aromatic carbocycles. The molecule has 0 radical (unpaired) electrons. The predicted octanol–water partition coefficient (Wildman–Crippen LogP) is 2.47. The van der Waals surface area contributed by atoms with Crippen LogP contribution in [0.1, 0.15) is 34.8 Å². The van der Waals surface area contributed by atoms with Crippen LogP contribution in [-0.2, 0) is 0 Å². The summed E-state index contributed by atoms with van der Waals surface area (Å²) in [6.07, 6.45) is 8.87. The molecule has 4 heterocycles. The molecule has 3 aromatic heterocycles. The number of hydrogen-bond acceptors (Lipinski definition) is 6. The summed E-state index contributed by atoms with van der Waals surface area (Å²) >= 11 is 0. The number of carbonyl (C=O) groups excluding carboxylic acids is 1. The number of nitrogens with zero attached hydrogens (tertiary/aromatic N) is 7. The van der Waals surface area contributed by atoms with E-state index in [1.165, 1.54) is 6.33 Å². The third kappa shape index (κ3) is 3.45. The Balaban J connectivity index is 1.37. The Hall–Kier alpha value is -3.88. The molecule has 0 saturated carbocycles. The maximum atomic E-state index is 13.2. The summed E-state index contributed by atoms with van der Waals surface area (Å²) in [5.74, 6) is 0.218. The maximum Gasteiger partial charge on any atom is 0.253 e. The first-order valence-electron chi connectivity index (χ1n) is 9.86. The van der Waals surface area contributed by atoms with Gasteiger partial charge in [0.15, 0.2) is 0 Å². The largest absolute Gasteiger partial charge is 0.338 e. The molecule has 0 spiro atoms. The van der Waals surface area contributed by atoms with Crippen molar-refractivity contribution in [2.45, 2.75) is 18.8 Å². The molecular weight excluding hydrogens is 380 g/mol. The van der Waals surface area contributed by atoms with Gasteiger partial charge < -0.3 is 4.90 Å². The summed E-state index contributed by atoms with van der Waals surface area (Å²) in [6, 6.07) is 11.3. The number of H-pyrrole nitrogens is 1. The fourth-order valence-corrected chi connectivity index (χ4v) is 4.01. The molecule has 9 heteroatoms. The highest BCUT2D eigenvalue weighted by Gasteiger charge is 2.28. The minimum absolute atomic E-state index is 0.0135. The lowest BCUT2D eigenvalue weighted by molar-refractivity contribution is 0.0706. The Morgan fingerprint density at radius 2 is 2.07 bits per heavy atom. The highest BCUT2D eigenvalue weighted by Crippen LogP contribution is 2.33. The van der Waals surface area contributed by atoms with Crippen LogP contribution in [0, 0.1) is 0 Å². The van der Waals surface area contributed by atoms with Gasteiger partial charge in [-0.3, -0.25) is 14.9 Å². The predicted molar refractivity (Wildman–Crippen MR) is 109 cm³/mol. The Bertz CT molecular complexity index is 1140. The van der Waals surface area contributed by atoms with E-state index in [9.17, 15) is 4.79 Å². The van der Waals surface area contributed by atoms with E-state index in [0.29, 0.717) is 12.1 Å². The van der Waals surface area contributed by atoms with Gasteiger partial charge in [-0.15, -0.1) is 5.10 Å². The average Bonchev–Trinajstić information content (AvgIpc) is 3.52. The van der Waals surface area contributed by atoms with Crippen molar-refractivity contribution in [2.75, 3.05) is 13.1 Å². The fraction of sp³-hybridized carbons (Fsp3) is 0.238. The molecular formula is C21H20N8O. The first-order valence-corrected chi connectivity index (χ1v) is 9.86. The number of carbonyl (C=O) groups is 1. The number of amides is 1. The van der Waals surface area contributed by atoms with Crippen molar-refractivity contribution < 1.29 is 4.79 Å². The SMILES string of the molecule is O=C(c1cccc(-n2cnnn2)c1)N1CCCC(c2[nH]ncc2-c2ccncc2)C1. The zero-order chi connectivity index (χ0) is 20.3. The molecule has 1 aliphatic rings. The van der Waals surface area contributed by atoms with Crippen molar-refractivity contribution in [1.82, 2.24) is 40.3 Å². The van der Waals surface area contributed by atoms with Crippen LogP contribution >= 0.6 is 0 Å². The van der Waals surface area contributed by atoms with Crippen molar-refractivity contribution >= 4 is 5.91 Å². The number of piperidine rings is 1. The first-order chi connectivity index (χ1) is 14.8. The number of aromatic nitrogens is 7. The zero-order valence-electron chi connectivity index (χ0n) is 16.2. The van der Waals surface area contributed by atoms with Crippen LogP contribution in [-0.4, -0.2) is 59.3 Å². The second-order valence-corrected chi connectivity index (χ2v) is 7.33. The minimum Gasteiger partial charge on any atom is -0.338 e. The highest BCUT2D eigenvalue weighted by atomic mass is 16.2. The van der Waals surface area contributed by atoms with Crippen LogP contribution in [0.25, 0.3) is 16.8 Å². The molecule has 4 aromatic rings. The molecule has 150 valence electrons. The average molecular weight is 400 g/mol. The van der Waals surface area contributed by atoms with Gasteiger partial charge in [0.05, 0.1) is 11.9 Å². The second kappa shape index (κ2) is 7.86. The van der Waals surface area contributed by atoms with Gasteiger partial charge in [0.1, 0.15) is 6.33 Å². The van der Waals surface area contributed by atoms with E-state index in [1.807, 2.05) is 47.5 Å². The van der Waals surface area contributed by atoms with Crippen LogP contribution in [0.5, 0.6) is 0 Å². The number of rotatable bonds is 4. The monoisotopic (exact) mass is 400 g/mol. The third-order valence-corrected chi connectivity index (χ3v) is 5.48. The van der Waals surface area contributed by atoms with Gasteiger partial charge in [0.25, 0.3) is 5.91 Å². The Labute approximate surface area is 172 Å². The topological polar surface area (TPSA) is 105 Å². The van der Waals surface area contributed by atoms with Gasteiger partial charge in [-0.1, -0.05) is 6.07 Å². The number of pyridine rings is 1. The molecule has 30 heavy (non-hydrogen) atoms. The molecule has 0 aliphatic carbocycles. The zero-order valence-corrected chi connectivity index (χ0v) is 16.2. The molecule has 0 bridgehead atoms. The smallest absolute Gasteiger partial charge is 0.253 e. The summed E-state index contributed by atoms with van der Waals surface area (Å²) in [7, 11) is 0. The Morgan fingerprint density at radius 1 is 1.17 bits per heavy atom. The molecule has 1 aliphatic heterocycles. The van der Waals surface area contributed by atoms with Gasteiger partial charge in [-0.25, -0.2) is 4.68 Å². The van der Waals surface area contributed by atoms with E-state index in [0.717, 1.165) is 41.9 Å². The molecule has 1 atom stereocenters. The van der Waals surface area contributed by atoms with Gasteiger partial charge in [-0.05, 0) is 59.2 Å². The Kier molecular flexibility index (Phi) is 4.76. The van der Waals surface area contributed by atoms with Crippen molar-refractivity contribution in [2.24, 2.45) is 0 Å². The van der Waals surface area contributed by atoms with E-state index in [-0.39, 0.29) is 11.8 Å². The highest BCUT2D eigenvalue weighted by molar-refractivity contribution is 5.95. The summed E-state index contributed by atoms with van der Waals surface area (Å²) in [6.45, 7) is 1.39. The van der Waals surface area contributed by atoms with Crippen LogP contribution in [0.15, 0.2) is 61.3 Å². The van der Waals surface area contributed by atoms with Gasteiger partial charge in [-0.2, -0.15) is 5.10 Å². The first kappa shape index (κ1) is 18.2. The number of aromatic amines is 1. The van der Waals surface area contributed by atoms with Crippen molar-refractivity contribution in [3.63, 3.8) is 0 Å². The molecule has 1 amide bonds. The van der Waals surface area contributed by atoms with Gasteiger partial charge in [0, 0.05) is 48.2 Å². The van der Waals surface area contributed by atoms with Crippen LogP contribution in [0.3, 0.4) is 0 Å². The summed E-state index contributed by atoms with van der Waals surface area (Å²) in [5.41, 5.74) is 4.60. The molecule has 1 N–H and O–H groups in total. The number of likely N-dealkylation sites (tertiary alicyclic amines) is 1. The summed E-state index contributed by atoms with van der Waals surface area (Å²) in [5, 5.41) is 18.7. The maximum absolute atomic E-state index is 13.2. The van der Waals surface area contributed by atoms with E-state index in [1.54, 1.807) is 17.1 Å². The molecule has 5 rings (SSSR count). The molecule has 1 saturated heterocycles. The van der Waals surface area contributed by atoms with Crippen molar-refractivity contribution in [3.05, 3.63) is 72.6 Å². The molecule has 9 nitrogen and oxygen atoms in total. The number of tetrazole rings is 1. The quantitative estimate of drug-likeness (QED) is 0.564. The van der Waals surface area contributed by atoms with Crippen molar-refractivity contribution in [3.8, 4) is 16.8 Å². The fourth-order valence-electron chi connectivity index (χ4n) is 4.01. The lowest BCUT2D eigenvalue weighted by Crippen LogP contribution is -2.39.